The third kappa shape index (κ3) is 2.27. The first-order valence-corrected chi connectivity index (χ1v) is 4.48. The third-order valence-electron chi connectivity index (χ3n) is 1.14. The second-order valence-electron chi connectivity index (χ2n) is 1.89. The van der Waals surface area contributed by atoms with E-state index in [0.29, 0.717) is 9.92 Å². The summed E-state index contributed by atoms with van der Waals surface area (Å²) in [6.07, 6.45) is 1.22. The maximum atomic E-state index is 11.0. The van der Waals surface area contributed by atoms with Crippen molar-refractivity contribution in [3.05, 3.63) is 29.3 Å². The average molecular weight is 202 g/mol. The molecule has 0 saturated heterocycles. The van der Waals surface area contributed by atoms with Crippen LogP contribution in [0.3, 0.4) is 0 Å². The third-order valence-corrected chi connectivity index (χ3v) is 2.30. The molecule has 1 atom stereocenters. The first-order valence-electron chi connectivity index (χ1n) is 2.99. The fraction of sp³-hybridized carbons (Fsp3) is 0. The summed E-state index contributed by atoms with van der Waals surface area (Å²) in [5.74, 6) is 0. The molecule has 0 aromatic heterocycles. The number of rotatable bonds is 2. The number of nitrogens with zero attached hydrogens (tertiary/aromatic N) is 1. The summed E-state index contributed by atoms with van der Waals surface area (Å²) in [7, 11) is -1.65. The van der Waals surface area contributed by atoms with E-state index in [0.717, 1.165) is 0 Å². The molecule has 0 aliphatic carbocycles. The van der Waals surface area contributed by atoms with Crippen LogP contribution in [0.2, 0.25) is 5.02 Å². The molecule has 62 valence electrons. The number of benzene rings is 1. The van der Waals surface area contributed by atoms with Gasteiger partial charge in [0.05, 0.1) is 4.90 Å². The Morgan fingerprint density at radius 3 is 2.42 bits per heavy atom. The lowest BCUT2D eigenvalue weighted by Crippen LogP contribution is -1.84. The number of halogens is 1. The van der Waals surface area contributed by atoms with Crippen LogP contribution in [0.5, 0.6) is 0 Å². The minimum absolute atomic E-state index is 0.433. The summed E-state index contributed by atoms with van der Waals surface area (Å²) in [6, 6.07) is 6.24. The van der Waals surface area contributed by atoms with Gasteiger partial charge in [-0.05, 0) is 24.3 Å². The first kappa shape index (κ1) is 9.13. The van der Waals surface area contributed by atoms with Crippen molar-refractivity contribution < 1.29 is 9.00 Å². The minimum atomic E-state index is -1.65. The fourth-order valence-electron chi connectivity index (χ4n) is 0.638. The van der Waals surface area contributed by atoms with Crippen LogP contribution in [-0.2, 0) is 15.8 Å². The van der Waals surface area contributed by atoms with Crippen molar-refractivity contribution in [2.45, 2.75) is 4.90 Å². The monoisotopic (exact) mass is 201 g/mol. The summed E-state index contributed by atoms with van der Waals surface area (Å²) in [4.78, 5) is 10.2. The summed E-state index contributed by atoms with van der Waals surface area (Å²) >= 11 is 5.59. The zero-order valence-corrected chi connectivity index (χ0v) is 7.43. The highest BCUT2D eigenvalue weighted by Gasteiger charge is 1.99. The van der Waals surface area contributed by atoms with Crippen LogP contribution in [-0.4, -0.2) is 10.3 Å². The molecule has 0 heterocycles. The van der Waals surface area contributed by atoms with Gasteiger partial charge in [-0.15, -0.1) is 0 Å². The molecule has 0 spiro atoms. The van der Waals surface area contributed by atoms with Crippen LogP contribution in [0, 0.1) is 0 Å². The predicted octanol–water partition coefficient (Wildman–Crippen LogP) is 1.70. The van der Waals surface area contributed by atoms with E-state index in [4.69, 9.17) is 11.6 Å². The molecule has 0 fully saturated rings. The fourth-order valence-corrected chi connectivity index (χ4v) is 1.31. The van der Waals surface area contributed by atoms with Crippen molar-refractivity contribution in [1.29, 1.82) is 0 Å². The lowest BCUT2D eigenvalue weighted by atomic mass is 10.4. The van der Waals surface area contributed by atoms with E-state index in [1.807, 2.05) is 0 Å². The van der Waals surface area contributed by atoms with E-state index >= 15 is 0 Å². The zero-order chi connectivity index (χ0) is 8.97. The van der Waals surface area contributed by atoms with Gasteiger partial charge < -0.3 is 0 Å². The Labute approximate surface area is 76.7 Å². The van der Waals surface area contributed by atoms with Crippen molar-refractivity contribution in [2.24, 2.45) is 4.40 Å². The van der Waals surface area contributed by atoms with Crippen LogP contribution >= 0.6 is 11.6 Å². The Morgan fingerprint density at radius 1 is 1.33 bits per heavy atom. The van der Waals surface area contributed by atoms with Crippen molar-refractivity contribution in [3.63, 3.8) is 0 Å². The Bertz CT molecular complexity index is 343. The standard InChI is InChI=1S/C7H4ClNO2S/c8-6-1-3-7(4-2-6)12(11)9-5-10/h1-4H. The molecule has 0 bridgehead atoms. The van der Waals surface area contributed by atoms with Crippen LogP contribution in [0.4, 0.5) is 0 Å². The van der Waals surface area contributed by atoms with Crippen LogP contribution in [0.25, 0.3) is 0 Å². The largest absolute Gasteiger partial charge is 0.250 e. The molecule has 12 heavy (non-hydrogen) atoms. The molecular formula is C7H4ClNO2S. The number of hydrogen-bond acceptors (Lipinski definition) is 2. The van der Waals surface area contributed by atoms with Gasteiger partial charge in [0.15, 0.2) is 11.0 Å². The normalized spacial score (nSPS) is 11.8. The van der Waals surface area contributed by atoms with Gasteiger partial charge in [-0.25, -0.2) is 9.00 Å². The molecule has 1 aromatic carbocycles. The molecule has 3 nitrogen and oxygen atoms in total. The zero-order valence-electron chi connectivity index (χ0n) is 5.86. The molecule has 0 saturated carbocycles. The quantitative estimate of drug-likeness (QED) is 0.540. The van der Waals surface area contributed by atoms with Gasteiger partial charge in [-0.1, -0.05) is 16.0 Å². The molecule has 0 N–H and O–H groups in total. The van der Waals surface area contributed by atoms with Crippen molar-refractivity contribution in [2.75, 3.05) is 0 Å². The Balaban J connectivity index is 2.97. The maximum absolute atomic E-state index is 11.0. The highest BCUT2D eigenvalue weighted by atomic mass is 35.5. The molecule has 1 rings (SSSR count). The van der Waals surface area contributed by atoms with Gasteiger partial charge in [0, 0.05) is 5.02 Å². The second-order valence-corrected chi connectivity index (χ2v) is 3.47. The average Bonchev–Trinajstić information content (AvgIpc) is 2.06. The first-order chi connectivity index (χ1) is 5.74. The van der Waals surface area contributed by atoms with Gasteiger partial charge >= 0.3 is 0 Å². The van der Waals surface area contributed by atoms with Crippen LogP contribution < -0.4 is 0 Å². The Hall–Kier alpha value is -0.960. The molecular weight excluding hydrogens is 198 g/mol. The molecule has 0 amide bonds. The number of hydrogen-bond donors (Lipinski definition) is 0. The van der Waals surface area contributed by atoms with E-state index in [9.17, 15) is 9.00 Å². The Kier molecular flexibility index (Phi) is 3.17. The molecule has 0 aliphatic rings. The second kappa shape index (κ2) is 4.16. The molecule has 0 aliphatic heterocycles. The Morgan fingerprint density at radius 2 is 1.92 bits per heavy atom. The highest BCUT2D eigenvalue weighted by Crippen LogP contribution is 2.12. The van der Waals surface area contributed by atoms with Crippen LogP contribution in [0.1, 0.15) is 0 Å². The highest BCUT2D eigenvalue weighted by molar-refractivity contribution is 7.83. The van der Waals surface area contributed by atoms with E-state index < -0.39 is 11.0 Å². The van der Waals surface area contributed by atoms with Gasteiger partial charge in [0.1, 0.15) is 0 Å². The lowest BCUT2D eigenvalue weighted by Gasteiger charge is -1.92. The topological polar surface area (TPSA) is 46.5 Å². The SMILES string of the molecule is O=C=NS(=O)c1ccc(Cl)cc1. The number of isocyanates is 1. The smallest absolute Gasteiger partial charge is 0.229 e. The van der Waals surface area contributed by atoms with Gasteiger partial charge in [-0.3, -0.25) is 0 Å². The number of carbonyl (C=O) groups excluding carboxylic acids is 1. The summed E-state index contributed by atoms with van der Waals surface area (Å²) in [5.41, 5.74) is 0. The summed E-state index contributed by atoms with van der Waals surface area (Å²) in [5, 5.41) is 0.547. The van der Waals surface area contributed by atoms with E-state index in [1.54, 1.807) is 24.3 Å². The van der Waals surface area contributed by atoms with Gasteiger partial charge in [0.25, 0.3) is 0 Å². The van der Waals surface area contributed by atoms with Crippen molar-refractivity contribution >= 4 is 28.7 Å². The van der Waals surface area contributed by atoms with E-state index in [1.165, 1.54) is 6.08 Å². The molecule has 5 heteroatoms. The molecule has 1 unspecified atom stereocenters. The molecule has 1 aromatic rings. The van der Waals surface area contributed by atoms with Crippen molar-refractivity contribution in [3.8, 4) is 0 Å². The lowest BCUT2D eigenvalue weighted by molar-refractivity contribution is 0.566. The van der Waals surface area contributed by atoms with E-state index in [2.05, 4.69) is 4.40 Å². The summed E-state index contributed by atoms with van der Waals surface area (Å²) in [6.45, 7) is 0. The van der Waals surface area contributed by atoms with Gasteiger partial charge in [0.2, 0.25) is 6.08 Å². The predicted molar refractivity (Wildman–Crippen MR) is 46.0 cm³/mol. The van der Waals surface area contributed by atoms with Crippen LogP contribution in [0.15, 0.2) is 33.6 Å². The minimum Gasteiger partial charge on any atom is -0.229 e. The van der Waals surface area contributed by atoms with Crippen molar-refractivity contribution in [1.82, 2.24) is 0 Å². The van der Waals surface area contributed by atoms with Gasteiger partial charge in [-0.2, -0.15) is 0 Å². The summed E-state index contributed by atoms with van der Waals surface area (Å²) < 4.78 is 14.0. The molecule has 0 radical (unpaired) electrons. The maximum Gasteiger partial charge on any atom is 0.250 e. The van der Waals surface area contributed by atoms with E-state index in [-0.39, 0.29) is 0 Å².